The summed E-state index contributed by atoms with van der Waals surface area (Å²) >= 11 is 7.58. The third-order valence-electron chi connectivity index (χ3n) is 3.33. The largest absolute Gasteiger partial charge is 0.376 e. The van der Waals surface area contributed by atoms with Crippen LogP contribution in [0, 0.1) is 5.82 Å². The van der Waals surface area contributed by atoms with Crippen molar-refractivity contribution in [2.45, 2.75) is 25.3 Å². The van der Waals surface area contributed by atoms with Crippen molar-refractivity contribution in [1.29, 1.82) is 0 Å². The van der Waals surface area contributed by atoms with Crippen LogP contribution in [0.1, 0.15) is 29.3 Å². The summed E-state index contributed by atoms with van der Waals surface area (Å²) in [6.45, 7) is 0. The van der Waals surface area contributed by atoms with Crippen LogP contribution in [0.3, 0.4) is 0 Å². The van der Waals surface area contributed by atoms with Crippen molar-refractivity contribution in [3.05, 3.63) is 50.9 Å². The fourth-order valence-electron chi connectivity index (χ4n) is 2.44. The van der Waals surface area contributed by atoms with Crippen molar-refractivity contribution in [2.75, 3.05) is 5.32 Å². The Balaban J connectivity index is 1.88. The first-order valence-electron chi connectivity index (χ1n) is 6.02. The van der Waals surface area contributed by atoms with Gasteiger partial charge >= 0.3 is 0 Å². The number of anilines is 1. The Labute approximate surface area is 115 Å². The molecule has 0 fully saturated rings. The van der Waals surface area contributed by atoms with Gasteiger partial charge in [0.15, 0.2) is 5.82 Å². The third kappa shape index (κ3) is 2.13. The van der Waals surface area contributed by atoms with Crippen molar-refractivity contribution < 1.29 is 4.39 Å². The normalized spacial score (nSPS) is 18.4. The first kappa shape index (κ1) is 12.0. The molecule has 1 nitrogen and oxygen atoms in total. The number of aryl methyl sites for hydroxylation is 1. The van der Waals surface area contributed by atoms with Gasteiger partial charge in [-0.15, -0.1) is 11.3 Å². The van der Waals surface area contributed by atoms with Crippen LogP contribution < -0.4 is 5.32 Å². The van der Waals surface area contributed by atoms with Gasteiger partial charge in [0, 0.05) is 4.88 Å². The van der Waals surface area contributed by atoms with E-state index in [0.717, 1.165) is 19.3 Å². The van der Waals surface area contributed by atoms with Crippen molar-refractivity contribution in [3.8, 4) is 0 Å². The Morgan fingerprint density at radius 2 is 2.22 bits per heavy atom. The smallest absolute Gasteiger partial charge is 0.164 e. The van der Waals surface area contributed by atoms with E-state index < -0.39 is 0 Å². The van der Waals surface area contributed by atoms with Crippen molar-refractivity contribution in [1.82, 2.24) is 0 Å². The van der Waals surface area contributed by atoms with E-state index in [1.807, 2.05) is 0 Å². The monoisotopic (exact) mass is 281 g/mol. The van der Waals surface area contributed by atoms with Gasteiger partial charge in [-0.05, 0) is 48.4 Å². The summed E-state index contributed by atoms with van der Waals surface area (Å²) in [5.41, 5.74) is 1.80. The molecule has 1 atom stereocenters. The second kappa shape index (κ2) is 4.90. The molecule has 0 amide bonds. The molecule has 1 aliphatic rings. The summed E-state index contributed by atoms with van der Waals surface area (Å²) in [6.07, 6.45) is 3.33. The summed E-state index contributed by atoms with van der Waals surface area (Å²) in [5, 5.41) is 5.56. The molecule has 4 heteroatoms. The average molecular weight is 282 g/mol. The number of hydrogen-bond acceptors (Lipinski definition) is 2. The standard InChI is InChI=1S/C14H13ClFNS/c15-10-3-1-5-12(14(10)16)17-11-4-2-6-13-9(11)7-8-18-13/h1,3,5,7-8,11,17H,2,4,6H2. The Morgan fingerprint density at radius 3 is 3.11 bits per heavy atom. The predicted octanol–water partition coefficient (Wildman–Crippen LogP) is 5.03. The van der Waals surface area contributed by atoms with E-state index in [4.69, 9.17) is 11.6 Å². The van der Waals surface area contributed by atoms with E-state index in [1.165, 1.54) is 10.4 Å². The third-order valence-corrected chi connectivity index (χ3v) is 4.62. The van der Waals surface area contributed by atoms with Gasteiger partial charge in [-0.25, -0.2) is 4.39 Å². The van der Waals surface area contributed by atoms with Crippen LogP contribution in [-0.4, -0.2) is 0 Å². The van der Waals surface area contributed by atoms with Gasteiger partial charge in [0.05, 0.1) is 16.8 Å². The summed E-state index contributed by atoms with van der Waals surface area (Å²) in [5.74, 6) is -0.360. The zero-order valence-electron chi connectivity index (χ0n) is 9.75. The van der Waals surface area contributed by atoms with Gasteiger partial charge in [0.25, 0.3) is 0 Å². The lowest BCUT2D eigenvalue weighted by Crippen LogP contribution is -2.16. The van der Waals surface area contributed by atoms with Gasteiger partial charge in [-0.1, -0.05) is 17.7 Å². The maximum atomic E-state index is 13.9. The highest BCUT2D eigenvalue weighted by molar-refractivity contribution is 7.10. The van der Waals surface area contributed by atoms with Gasteiger partial charge < -0.3 is 5.32 Å². The lowest BCUT2D eigenvalue weighted by Gasteiger charge is -2.25. The minimum atomic E-state index is -0.360. The van der Waals surface area contributed by atoms with Crippen LogP contribution in [0.5, 0.6) is 0 Å². The highest BCUT2D eigenvalue weighted by Gasteiger charge is 2.22. The summed E-state index contributed by atoms with van der Waals surface area (Å²) in [4.78, 5) is 1.42. The number of hydrogen-bond donors (Lipinski definition) is 1. The number of nitrogens with one attached hydrogen (secondary N) is 1. The lowest BCUT2D eigenvalue weighted by molar-refractivity contribution is 0.592. The zero-order valence-corrected chi connectivity index (χ0v) is 11.3. The quantitative estimate of drug-likeness (QED) is 0.814. The van der Waals surface area contributed by atoms with E-state index >= 15 is 0 Å². The number of thiophene rings is 1. The molecular weight excluding hydrogens is 269 g/mol. The molecule has 1 aromatic carbocycles. The Kier molecular flexibility index (Phi) is 3.27. The maximum Gasteiger partial charge on any atom is 0.164 e. The summed E-state index contributed by atoms with van der Waals surface area (Å²) in [7, 11) is 0. The number of fused-ring (bicyclic) bond motifs is 1. The Hall–Kier alpha value is -1.06. The van der Waals surface area contributed by atoms with Crippen LogP contribution in [0.15, 0.2) is 29.6 Å². The van der Waals surface area contributed by atoms with E-state index in [0.29, 0.717) is 5.69 Å². The molecule has 1 heterocycles. The highest BCUT2D eigenvalue weighted by Crippen LogP contribution is 2.36. The molecule has 3 rings (SSSR count). The molecular formula is C14H13ClFNS. The van der Waals surface area contributed by atoms with E-state index in [9.17, 15) is 4.39 Å². The zero-order chi connectivity index (χ0) is 12.5. The van der Waals surface area contributed by atoms with Gasteiger partial charge in [0.1, 0.15) is 0 Å². The lowest BCUT2D eigenvalue weighted by atomic mass is 9.94. The molecule has 1 aromatic heterocycles. The van der Waals surface area contributed by atoms with Crippen LogP contribution in [0.2, 0.25) is 5.02 Å². The fourth-order valence-corrected chi connectivity index (χ4v) is 3.60. The molecule has 0 saturated carbocycles. The van der Waals surface area contributed by atoms with Crippen molar-refractivity contribution in [2.24, 2.45) is 0 Å². The Bertz CT molecular complexity index is 567. The first-order valence-corrected chi connectivity index (χ1v) is 7.28. The molecule has 0 aliphatic heterocycles. The molecule has 0 bridgehead atoms. The molecule has 1 unspecified atom stereocenters. The molecule has 1 N–H and O–H groups in total. The van der Waals surface area contributed by atoms with E-state index in [2.05, 4.69) is 16.8 Å². The van der Waals surface area contributed by atoms with E-state index in [-0.39, 0.29) is 16.9 Å². The molecule has 0 saturated heterocycles. The van der Waals surface area contributed by atoms with Crippen LogP contribution >= 0.6 is 22.9 Å². The molecule has 0 spiro atoms. The molecule has 2 aromatic rings. The number of benzene rings is 1. The van der Waals surface area contributed by atoms with Crippen molar-refractivity contribution >= 4 is 28.6 Å². The summed E-state index contributed by atoms with van der Waals surface area (Å²) in [6, 6.07) is 7.42. The van der Waals surface area contributed by atoms with Gasteiger partial charge in [-0.3, -0.25) is 0 Å². The SMILES string of the molecule is Fc1c(Cl)cccc1NC1CCCc2sccc21. The molecule has 94 valence electrons. The minimum absolute atomic E-state index is 0.168. The summed E-state index contributed by atoms with van der Waals surface area (Å²) < 4.78 is 13.9. The molecule has 1 aliphatic carbocycles. The second-order valence-electron chi connectivity index (χ2n) is 4.49. The number of rotatable bonds is 2. The van der Waals surface area contributed by atoms with Crippen molar-refractivity contribution in [3.63, 3.8) is 0 Å². The molecule has 0 radical (unpaired) electrons. The maximum absolute atomic E-state index is 13.9. The van der Waals surface area contributed by atoms with Crippen LogP contribution in [-0.2, 0) is 6.42 Å². The molecule has 18 heavy (non-hydrogen) atoms. The minimum Gasteiger partial charge on any atom is -0.376 e. The predicted molar refractivity (Wildman–Crippen MR) is 75.0 cm³/mol. The van der Waals surface area contributed by atoms with Crippen LogP contribution in [0.4, 0.5) is 10.1 Å². The van der Waals surface area contributed by atoms with Gasteiger partial charge in [0.2, 0.25) is 0 Å². The average Bonchev–Trinajstić information content (AvgIpc) is 2.84. The second-order valence-corrected chi connectivity index (χ2v) is 5.90. The first-order chi connectivity index (χ1) is 8.75. The van der Waals surface area contributed by atoms with Gasteiger partial charge in [-0.2, -0.15) is 0 Å². The topological polar surface area (TPSA) is 12.0 Å². The Morgan fingerprint density at radius 1 is 1.33 bits per heavy atom. The fraction of sp³-hybridized carbons (Fsp3) is 0.286. The van der Waals surface area contributed by atoms with E-state index in [1.54, 1.807) is 29.5 Å². The highest BCUT2D eigenvalue weighted by atomic mass is 35.5. The van der Waals surface area contributed by atoms with Crippen LogP contribution in [0.25, 0.3) is 0 Å². The number of halogens is 2.